The van der Waals surface area contributed by atoms with Crippen LogP contribution in [0.4, 0.5) is 0 Å². The van der Waals surface area contributed by atoms with E-state index in [-0.39, 0.29) is 59.3 Å². The first kappa shape index (κ1) is 20.8. The molecule has 2 saturated carbocycles. The number of ether oxygens (including phenoxy) is 1. The number of aliphatic hydroxyl groups is 2. The SMILES string of the molecule is CC1=C[C@@H]2[C@H](CC(CO)=C[C@H]3[C@H]4C(C)(C)[C@]4(OC(=O)C(C)C)C[C@@H](C)[C@]23O)C1=O. The summed E-state index contributed by atoms with van der Waals surface area (Å²) in [6, 6.07) is 0. The lowest BCUT2D eigenvalue weighted by Crippen LogP contribution is -2.56. The van der Waals surface area contributed by atoms with Crippen LogP contribution in [-0.4, -0.2) is 39.8 Å². The van der Waals surface area contributed by atoms with Gasteiger partial charge in [0.1, 0.15) is 5.60 Å². The average molecular weight is 403 g/mol. The van der Waals surface area contributed by atoms with Crippen molar-refractivity contribution in [2.24, 2.45) is 40.9 Å². The highest BCUT2D eigenvalue weighted by Gasteiger charge is 2.82. The Morgan fingerprint density at radius 3 is 2.52 bits per heavy atom. The molecule has 160 valence electrons. The fraction of sp³-hybridized carbons (Fsp3) is 0.750. The Hall–Kier alpha value is -1.46. The Labute approximate surface area is 173 Å². The van der Waals surface area contributed by atoms with Crippen molar-refractivity contribution in [1.82, 2.24) is 0 Å². The number of carbonyl (C=O) groups is 2. The number of allylic oxidation sites excluding steroid dienone is 1. The van der Waals surface area contributed by atoms with Gasteiger partial charge in [-0.1, -0.05) is 46.8 Å². The second kappa shape index (κ2) is 6.27. The quantitative estimate of drug-likeness (QED) is 0.560. The number of hydrogen-bond acceptors (Lipinski definition) is 5. The van der Waals surface area contributed by atoms with E-state index in [0.717, 1.165) is 5.57 Å². The molecule has 0 bridgehead atoms. The number of fused-ring (bicyclic) bond motifs is 5. The molecule has 0 heterocycles. The normalized spacial score (nSPS) is 44.9. The van der Waals surface area contributed by atoms with E-state index in [9.17, 15) is 19.8 Å². The second-order valence-corrected chi connectivity index (χ2v) is 10.7. The number of carbonyl (C=O) groups excluding carboxylic acids is 2. The molecule has 0 unspecified atom stereocenters. The van der Waals surface area contributed by atoms with Crippen LogP contribution in [0, 0.1) is 40.9 Å². The lowest BCUT2D eigenvalue weighted by Gasteiger charge is -2.49. The largest absolute Gasteiger partial charge is 0.458 e. The Morgan fingerprint density at radius 2 is 1.93 bits per heavy atom. The smallest absolute Gasteiger partial charge is 0.308 e. The fourth-order valence-corrected chi connectivity index (χ4v) is 6.83. The lowest BCUT2D eigenvalue weighted by atomic mass is 9.61. The standard InChI is InChI=1S/C24H34O5/c1-12(2)21(27)29-23-10-14(4)24(28)17-7-13(3)19(26)16(17)8-15(11-25)9-18(24)20(23)22(23,5)6/h7,9,12,14,16-18,20,25,28H,8,10-11H2,1-6H3/t14-,16+,17-,18+,20+,23+,24+/m1/s1. The summed E-state index contributed by atoms with van der Waals surface area (Å²) in [7, 11) is 0. The highest BCUT2D eigenvalue weighted by atomic mass is 16.6. The molecule has 0 spiro atoms. The van der Waals surface area contributed by atoms with Crippen LogP contribution < -0.4 is 0 Å². The summed E-state index contributed by atoms with van der Waals surface area (Å²) in [6.45, 7) is 11.6. The van der Waals surface area contributed by atoms with E-state index in [1.54, 1.807) is 0 Å². The van der Waals surface area contributed by atoms with Gasteiger partial charge in [-0.2, -0.15) is 0 Å². The van der Waals surface area contributed by atoms with Crippen LogP contribution >= 0.6 is 0 Å². The molecule has 4 aliphatic carbocycles. The molecule has 2 fully saturated rings. The number of rotatable bonds is 3. The van der Waals surface area contributed by atoms with Gasteiger partial charge < -0.3 is 14.9 Å². The topological polar surface area (TPSA) is 83.8 Å². The van der Waals surface area contributed by atoms with Crippen LogP contribution in [0.5, 0.6) is 0 Å². The third-order valence-corrected chi connectivity index (χ3v) is 8.56. The first-order chi connectivity index (χ1) is 13.4. The minimum absolute atomic E-state index is 0.0383. The van der Waals surface area contributed by atoms with Gasteiger partial charge in [0.2, 0.25) is 0 Å². The predicted molar refractivity (Wildman–Crippen MR) is 109 cm³/mol. The summed E-state index contributed by atoms with van der Waals surface area (Å²) < 4.78 is 6.13. The predicted octanol–water partition coefficient (Wildman–Crippen LogP) is 3.05. The molecule has 29 heavy (non-hydrogen) atoms. The molecule has 7 atom stereocenters. The molecule has 0 aromatic rings. The maximum atomic E-state index is 12.8. The van der Waals surface area contributed by atoms with E-state index in [1.165, 1.54) is 0 Å². The van der Waals surface area contributed by atoms with Gasteiger partial charge >= 0.3 is 5.97 Å². The first-order valence-corrected chi connectivity index (χ1v) is 10.9. The Morgan fingerprint density at radius 1 is 1.28 bits per heavy atom. The first-order valence-electron chi connectivity index (χ1n) is 10.9. The van der Waals surface area contributed by atoms with Crippen molar-refractivity contribution in [3.05, 3.63) is 23.3 Å². The molecule has 0 radical (unpaired) electrons. The summed E-state index contributed by atoms with van der Waals surface area (Å²) in [5.41, 5.74) is -0.474. The maximum Gasteiger partial charge on any atom is 0.308 e. The van der Waals surface area contributed by atoms with Crippen molar-refractivity contribution < 1.29 is 24.5 Å². The van der Waals surface area contributed by atoms with Gasteiger partial charge in [0, 0.05) is 29.1 Å². The molecule has 4 aliphatic rings. The van der Waals surface area contributed by atoms with Gasteiger partial charge in [-0.25, -0.2) is 0 Å². The third-order valence-electron chi connectivity index (χ3n) is 8.56. The van der Waals surface area contributed by atoms with Crippen molar-refractivity contribution >= 4 is 11.8 Å². The molecular formula is C24H34O5. The molecule has 5 heteroatoms. The van der Waals surface area contributed by atoms with Crippen molar-refractivity contribution in [2.75, 3.05) is 6.61 Å². The number of Topliss-reactive ketones (excluding diaryl/α,β-unsaturated/α-hetero) is 1. The van der Waals surface area contributed by atoms with Gasteiger partial charge in [0.25, 0.3) is 0 Å². The fourth-order valence-electron chi connectivity index (χ4n) is 6.83. The van der Waals surface area contributed by atoms with E-state index >= 15 is 0 Å². The number of hydrogen-bond donors (Lipinski definition) is 2. The molecule has 0 amide bonds. The molecule has 0 saturated heterocycles. The van der Waals surface area contributed by atoms with Crippen LogP contribution in [-0.2, 0) is 14.3 Å². The number of ketones is 1. The van der Waals surface area contributed by atoms with E-state index in [4.69, 9.17) is 4.74 Å². The van der Waals surface area contributed by atoms with Gasteiger partial charge in [0.15, 0.2) is 5.78 Å². The van der Waals surface area contributed by atoms with Crippen molar-refractivity contribution in [3.63, 3.8) is 0 Å². The van der Waals surface area contributed by atoms with Crippen LogP contribution in [0.2, 0.25) is 0 Å². The van der Waals surface area contributed by atoms with Crippen LogP contribution in [0.1, 0.15) is 54.4 Å². The van der Waals surface area contributed by atoms with Crippen molar-refractivity contribution in [2.45, 2.75) is 65.6 Å². The van der Waals surface area contributed by atoms with Gasteiger partial charge in [-0.15, -0.1) is 0 Å². The molecule has 0 aliphatic heterocycles. The van der Waals surface area contributed by atoms with Crippen LogP contribution in [0.15, 0.2) is 23.3 Å². The second-order valence-electron chi connectivity index (χ2n) is 10.7. The minimum Gasteiger partial charge on any atom is -0.458 e. The summed E-state index contributed by atoms with van der Waals surface area (Å²) >= 11 is 0. The van der Waals surface area contributed by atoms with Crippen LogP contribution in [0.3, 0.4) is 0 Å². The average Bonchev–Trinajstić information content (AvgIpc) is 3.01. The Balaban J connectivity index is 1.82. The monoisotopic (exact) mass is 402 g/mol. The Bertz CT molecular complexity index is 821. The molecule has 0 aromatic heterocycles. The molecular weight excluding hydrogens is 368 g/mol. The highest BCUT2D eigenvalue weighted by molar-refractivity contribution is 5.99. The minimum atomic E-state index is -1.10. The van der Waals surface area contributed by atoms with E-state index < -0.39 is 11.2 Å². The van der Waals surface area contributed by atoms with E-state index in [0.29, 0.717) is 18.4 Å². The zero-order chi connectivity index (χ0) is 21.5. The van der Waals surface area contributed by atoms with Gasteiger partial charge in [-0.3, -0.25) is 9.59 Å². The molecule has 5 nitrogen and oxygen atoms in total. The zero-order valence-electron chi connectivity index (χ0n) is 18.4. The summed E-state index contributed by atoms with van der Waals surface area (Å²) in [6.07, 6.45) is 5.02. The molecule has 2 N–H and O–H groups in total. The summed E-state index contributed by atoms with van der Waals surface area (Å²) in [4.78, 5) is 25.4. The molecule has 0 aromatic carbocycles. The number of aliphatic hydroxyl groups excluding tert-OH is 1. The van der Waals surface area contributed by atoms with E-state index in [1.807, 2.05) is 39.8 Å². The molecule has 4 rings (SSSR count). The lowest BCUT2D eigenvalue weighted by molar-refractivity contribution is -0.175. The van der Waals surface area contributed by atoms with Crippen LogP contribution in [0.25, 0.3) is 0 Å². The van der Waals surface area contributed by atoms with Crippen molar-refractivity contribution in [1.29, 1.82) is 0 Å². The van der Waals surface area contributed by atoms with E-state index in [2.05, 4.69) is 13.8 Å². The number of esters is 1. The van der Waals surface area contributed by atoms with Crippen molar-refractivity contribution in [3.8, 4) is 0 Å². The third kappa shape index (κ3) is 2.53. The summed E-state index contributed by atoms with van der Waals surface area (Å²) in [5, 5.41) is 22.2. The zero-order valence-corrected chi connectivity index (χ0v) is 18.4. The maximum absolute atomic E-state index is 12.8. The van der Waals surface area contributed by atoms with Gasteiger partial charge in [0.05, 0.1) is 18.1 Å². The Kier molecular flexibility index (Phi) is 4.50. The summed E-state index contributed by atoms with van der Waals surface area (Å²) in [5.74, 6) is -1.39. The highest BCUT2D eigenvalue weighted by Crippen LogP contribution is 2.76. The van der Waals surface area contributed by atoms with Gasteiger partial charge in [-0.05, 0) is 36.8 Å².